The van der Waals surface area contributed by atoms with Crippen molar-refractivity contribution in [2.24, 2.45) is 0 Å². The third-order valence-electron chi connectivity index (χ3n) is 1.79. The molecule has 0 aliphatic heterocycles. The van der Waals surface area contributed by atoms with Crippen molar-refractivity contribution in [1.82, 2.24) is 0 Å². The third kappa shape index (κ3) is 2.76. The van der Waals surface area contributed by atoms with Gasteiger partial charge in [-0.1, -0.05) is 29.5 Å². The van der Waals surface area contributed by atoms with E-state index in [-0.39, 0.29) is 0 Å². The summed E-state index contributed by atoms with van der Waals surface area (Å²) in [6, 6.07) is 11.3. The summed E-state index contributed by atoms with van der Waals surface area (Å²) < 4.78 is 0.756. The minimum absolute atomic E-state index is 0.728. The first-order valence-electron chi connectivity index (χ1n) is 4.37. The van der Waals surface area contributed by atoms with E-state index >= 15 is 0 Å². The standard InChI is InChI=1S/C12H8ClNS/c13-12-7-6-11(15-12)5-4-9-2-1-3-10(14)8-9/h1-3,6-8H,14H2. The summed E-state index contributed by atoms with van der Waals surface area (Å²) in [5.41, 5.74) is 7.29. The molecule has 0 amide bonds. The fourth-order valence-electron chi connectivity index (χ4n) is 1.13. The number of nitrogen functional groups attached to an aromatic ring is 1. The Morgan fingerprint density at radius 1 is 1.13 bits per heavy atom. The lowest BCUT2D eigenvalue weighted by molar-refractivity contribution is 1.63. The van der Waals surface area contributed by atoms with Gasteiger partial charge in [-0.15, -0.1) is 11.3 Å². The van der Waals surface area contributed by atoms with Crippen molar-refractivity contribution in [2.75, 3.05) is 5.73 Å². The molecule has 0 spiro atoms. The number of benzene rings is 1. The predicted molar refractivity (Wildman–Crippen MR) is 66.2 cm³/mol. The van der Waals surface area contributed by atoms with Gasteiger partial charge in [0.15, 0.2) is 0 Å². The third-order valence-corrected chi connectivity index (χ3v) is 2.94. The van der Waals surface area contributed by atoms with Crippen molar-refractivity contribution in [2.45, 2.75) is 0 Å². The lowest BCUT2D eigenvalue weighted by Crippen LogP contribution is -1.84. The molecule has 1 aromatic heterocycles. The quantitative estimate of drug-likeness (QED) is 0.548. The van der Waals surface area contributed by atoms with E-state index in [0.717, 1.165) is 20.5 Å². The number of hydrogen-bond acceptors (Lipinski definition) is 2. The van der Waals surface area contributed by atoms with Gasteiger partial charge in [0.05, 0.1) is 9.21 Å². The molecule has 0 aliphatic rings. The minimum Gasteiger partial charge on any atom is -0.399 e. The lowest BCUT2D eigenvalue weighted by Gasteiger charge is -1.91. The van der Waals surface area contributed by atoms with Crippen LogP contribution in [0.15, 0.2) is 36.4 Å². The molecule has 1 heterocycles. The van der Waals surface area contributed by atoms with Crippen LogP contribution in [0, 0.1) is 11.8 Å². The van der Waals surface area contributed by atoms with Gasteiger partial charge in [0.2, 0.25) is 0 Å². The van der Waals surface area contributed by atoms with Gasteiger partial charge in [0.1, 0.15) is 0 Å². The van der Waals surface area contributed by atoms with Crippen LogP contribution in [0.4, 0.5) is 5.69 Å². The van der Waals surface area contributed by atoms with E-state index in [2.05, 4.69) is 11.8 Å². The molecule has 15 heavy (non-hydrogen) atoms. The SMILES string of the molecule is Nc1cccc(C#Cc2ccc(Cl)s2)c1. The first-order chi connectivity index (χ1) is 7.24. The van der Waals surface area contributed by atoms with Gasteiger partial charge in [-0.2, -0.15) is 0 Å². The van der Waals surface area contributed by atoms with Crippen molar-refractivity contribution in [3.8, 4) is 11.8 Å². The zero-order valence-electron chi connectivity index (χ0n) is 7.83. The van der Waals surface area contributed by atoms with Crippen LogP contribution in [-0.4, -0.2) is 0 Å². The van der Waals surface area contributed by atoms with Crippen molar-refractivity contribution >= 4 is 28.6 Å². The van der Waals surface area contributed by atoms with Crippen molar-refractivity contribution < 1.29 is 0 Å². The maximum atomic E-state index is 5.80. The van der Waals surface area contributed by atoms with Crippen molar-refractivity contribution in [3.63, 3.8) is 0 Å². The van der Waals surface area contributed by atoms with Gasteiger partial charge in [-0.3, -0.25) is 0 Å². The fourth-order valence-corrected chi connectivity index (χ4v) is 2.03. The minimum atomic E-state index is 0.728. The van der Waals surface area contributed by atoms with E-state index in [9.17, 15) is 0 Å². The molecular weight excluding hydrogens is 226 g/mol. The molecule has 0 radical (unpaired) electrons. The van der Waals surface area contributed by atoms with Gasteiger partial charge in [0.25, 0.3) is 0 Å². The molecule has 2 N–H and O–H groups in total. The second-order valence-electron chi connectivity index (χ2n) is 2.98. The van der Waals surface area contributed by atoms with Crippen LogP contribution in [-0.2, 0) is 0 Å². The van der Waals surface area contributed by atoms with Crippen molar-refractivity contribution in [1.29, 1.82) is 0 Å². The number of rotatable bonds is 0. The van der Waals surface area contributed by atoms with E-state index in [1.54, 1.807) is 0 Å². The second kappa shape index (κ2) is 4.39. The monoisotopic (exact) mass is 233 g/mol. The van der Waals surface area contributed by atoms with Crippen molar-refractivity contribution in [3.05, 3.63) is 51.2 Å². The summed E-state index contributed by atoms with van der Waals surface area (Å²) in [6.45, 7) is 0. The average Bonchev–Trinajstić information content (AvgIpc) is 2.62. The highest BCUT2D eigenvalue weighted by atomic mass is 35.5. The smallest absolute Gasteiger partial charge is 0.0941 e. The number of thiophene rings is 1. The summed E-state index contributed by atoms with van der Waals surface area (Å²) in [6.07, 6.45) is 0. The van der Waals surface area contributed by atoms with E-state index in [0.29, 0.717) is 0 Å². The Hall–Kier alpha value is -1.43. The molecule has 0 fully saturated rings. The lowest BCUT2D eigenvalue weighted by atomic mass is 10.2. The molecule has 0 atom stereocenters. The summed E-state index contributed by atoms with van der Waals surface area (Å²) in [4.78, 5) is 0.961. The van der Waals surface area contributed by atoms with Crippen LogP contribution in [0.5, 0.6) is 0 Å². The molecule has 0 saturated carbocycles. The molecular formula is C12H8ClNS. The maximum absolute atomic E-state index is 5.80. The van der Waals surface area contributed by atoms with Gasteiger partial charge >= 0.3 is 0 Å². The van der Waals surface area contributed by atoms with E-state index in [4.69, 9.17) is 17.3 Å². The molecule has 2 aromatic rings. The Morgan fingerprint density at radius 2 is 2.00 bits per heavy atom. The van der Waals surface area contributed by atoms with Gasteiger partial charge in [-0.05, 0) is 30.3 Å². The Bertz CT molecular complexity index is 534. The highest BCUT2D eigenvalue weighted by Crippen LogP contribution is 2.20. The number of anilines is 1. The normalized spacial score (nSPS) is 9.40. The van der Waals surface area contributed by atoms with Crippen LogP contribution in [0.3, 0.4) is 0 Å². The molecule has 2 rings (SSSR count). The molecule has 74 valence electrons. The fraction of sp³-hybridized carbons (Fsp3) is 0. The largest absolute Gasteiger partial charge is 0.399 e. The van der Waals surface area contributed by atoms with Crippen LogP contribution < -0.4 is 5.73 Å². The number of halogens is 1. The zero-order valence-corrected chi connectivity index (χ0v) is 9.40. The summed E-state index contributed by atoms with van der Waals surface area (Å²) in [5.74, 6) is 6.07. The number of hydrogen-bond donors (Lipinski definition) is 1. The van der Waals surface area contributed by atoms with Gasteiger partial charge < -0.3 is 5.73 Å². The Labute approximate surface area is 97.5 Å². The van der Waals surface area contributed by atoms with Crippen LogP contribution >= 0.6 is 22.9 Å². The average molecular weight is 234 g/mol. The highest BCUT2D eigenvalue weighted by molar-refractivity contribution is 7.16. The predicted octanol–water partition coefficient (Wildman–Crippen LogP) is 3.38. The molecule has 1 nitrogen and oxygen atoms in total. The van der Waals surface area contributed by atoms with E-state index in [1.807, 2.05) is 36.4 Å². The molecule has 0 unspecified atom stereocenters. The molecule has 0 bridgehead atoms. The molecule has 0 aliphatic carbocycles. The van der Waals surface area contributed by atoms with Gasteiger partial charge in [-0.25, -0.2) is 0 Å². The summed E-state index contributed by atoms with van der Waals surface area (Å²) in [5, 5.41) is 0. The number of nitrogens with two attached hydrogens (primary N) is 1. The van der Waals surface area contributed by atoms with E-state index < -0.39 is 0 Å². The second-order valence-corrected chi connectivity index (χ2v) is 4.69. The summed E-state index contributed by atoms with van der Waals surface area (Å²) in [7, 11) is 0. The Kier molecular flexibility index (Phi) is 2.96. The zero-order chi connectivity index (χ0) is 10.7. The molecule has 0 saturated heterocycles. The summed E-state index contributed by atoms with van der Waals surface area (Å²) >= 11 is 7.27. The van der Waals surface area contributed by atoms with Crippen LogP contribution in [0.1, 0.15) is 10.4 Å². The van der Waals surface area contributed by atoms with E-state index in [1.165, 1.54) is 11.3 Å². The topological polar surface area (TPSA) is 26.0 Å². The maximum Gasteiger partial charge on any atom is 0.0941 e. The molecule has 1 aromatic carbocycles. The highest BCUT2D eigenvalue weighted by Gasteiger charge is 1.92. The molecule has 3 heteroatoms. The first kappa shape index (κ1) is 10.1. The first-order valence-corrected chi connectivity index (χ1v) is 5.56. The Morgan fingerprint density at radius 3 is 2.67 bits per heavy atom. The van der Waals surface area contributed by atoms with Crippen LogP contribution in [0.2, 0.25) is 4.34 Å². The Balaban J connectivity index is 2.25. The van der Waals surface area contributed by atoms with Gasteiger partial charge in [0, 0.05) is 11.3 Å². The van der Waals surface area contributed by atoms with Crippen LogP contribution in [0.25, 0.3) is 0 Å².